The van der Waals surface area contributed by atoms with Gasteiger partial charge in [0.2, 0.25) is 0 Å². The summed E-state index contributed by atoms with van der Waals surface area (Å²) in [6.45, 7) is 0.555. The standard InChI is InChI=1S/C20H15ClF3N3O2/c21-12-4-6-16-15(9-12)27-7-1-2-14(26-19(28)20(22,23)24)18(27)13-5-3-11(10-25)8-17(13)29-16/h3-6,8-9,14,18H,1-2,7H2,(H,26,28)/t14-,18-/m1/s1. The molecule has 0 unspecified atom stereocenters. The fourth-order valence-electron chi connectivity index (χ4n) is 3.91. The van der Waals surface area contributed by atoms with Crippen molar-refractivity contribution in [3.8, 4) is 17.6 Å². The summed E-state index contributed by atoms with van der Waals surface area (Å²) in [5.41, 5.74) is 1.59. The number of fused-ring (bicyclic) bond motifs is 5. The first-order valence-corrected chi connectivity index (χ1v) is 9.31. The number of alkyl halides is 3. The largest absolute Gasteiger partial charge is 0.471 e. The Bertz CT molecular complexity index is 1020. The van der Waals surface area contributed by atoms with Crippen molar-refractivity contribution < 1.29 is 22.7 Å². The van der Waals surface area contributed by atoms with Gasteiger partial charge in [-0.1, -0.05) is 17.7 Å². The van der Waals surface area contributed by atoms with Crippen LogP contribution in [0.4, 0.5) is 18.9 Å². The predicted molar refractivity (Wildman–Crippen MR) is 100.0 cm³/mol. The second-order valence-electron chi connectivity index (χ2n) is 6.94. The molecule has 2 aromatic rings. The van der Waals surface area contributed by atoms with Crippen LogP contribution in [0.2, 0.25) is 5.02 Å². The summed E-state index contributed by atoms with van der Waals surface area (Å²) in [5, 5.41) is 11.8. The lowest BCUT2D eigenvalue weighted by Crippen LogP contribution is -2.52. The normalized spacial score (nSPS) is 20.3. The lowest BCUT2D eigenvalue weighted by molar-refractivity contribution is -0.174. The molecule has 1 amide bonds. The molecular weight excluding hydrogens is 407 g/mol. The molecule has 0 saturated carbocycles. The lowest BCUT2D eigenvalue weighted by Gasteiger charge is -2.42. The summed E-state index contributed by atoms with van der Waals surface area (Å²) >= 11 is 6.16. The van der Waals surface area contributed by atoms with E-state index in [-0.39, 0.29) is 0 Å². The van der Waals surface area contributed by atoms with Gasteiger partial charge in [0, 0.05) is 17.1 Å². The Morgan fingerprint density at radius 3 is 2.76 bits per heavy atom. The molecule has 2 aromatic carbocycles. The second kappa shape index (κ2) is 7.16. The van der Waals surface area contributed by atoms with Gasteiger partial charge in [-0.2, -0.15) is 18.4 Å². The smallest absolute Gasteiger partial charge is 0.455 e. The summed E-state index contributed by atoms with van der Waals surface area (Å²) in [6.07, 6.45) is -4.02. The third-order valence-corrected chi connectivity index (χ3v) is 5.35. The molecule has 29 heavy (non-hydrogen) atoms. The first kappa shape index (κ1) is 19.4. The maximum absolute atomic E-state index is 12.9. The van der Waals surface area contributed by atoms with E-state index in [1.807, 2.05) is 11.0 Å². The molecule has 0 spiro atoms. The molecule has 1 fully saturated rings. The molecule has 0 aliphatic carbocycles. The number of hydrogen-bond donors (Lipinski definition) is 1. The highest BCUT2D eigenvalue weighted by molar-refractivity contribution is 6.31. The Morgan fingerprint density at radius 2 is 2.03 bits per heavy atom. The molecule has 2 heterocycles. The highest BCUT2D eigenvalue weighted by Crippen LogP contribution is 2.48. The summed E-state index contributed by atoms with van der Waals surface area (Å²) in [4.78, 5) is 13.6. The Hall–Kier alpha value is -2.92. The van der Waals surface area contributed by atoms with E-state index < -0.39 is 24.2 Å². The SMILES string of the molecule is N#Cc1ccc2c(c1)Oc1ccc(Cl)cc1N1CCC[C@@H](NC(=O)C(F)(F)F)[C@@H]21. The summed E-state index contributed by atoms with van der Waals surface area (Å²) in [7, 11) is 0. The first-order valence-electron chi connectivity index (χ1n) is 8.93. The molecule has 4 rings (SSSR count). The number of halogens is 4. The van der Waals surface area contributed by atoms with E-state index in [1.165, 1.54) is 0 Å². The van der Waals surface area contributed by atoms with Gasteiger partial charge in [0.25, 0.3) is 0 Å². The second-order valence-corrected chi connectivity index (χ2v) is 7.37. The van der Waals surface area contributed by atoms with Crippen LogP contribution in [0.25, 0.3) is 0 Å². The fraction of sp³-hybridized carbons (Fsp3) is 0.300. The predicted octanol–water partition coefficient (Wildman–Crippen LogP) is 4.71. The van der Waals surface area contributed by atoms with Gasteiger partial charge in [0.1, 0.15) is 5.75 Å². The number of nitriles is 1. The van der Waals surface area contributed by atoms with Crippen LogP contribution in [0.3, 0.4) is 0 Å². The summed E-state index contributed by atoms with van der Waals surface area (Å²) in [6, 6.07) is 10.5. The zero-order chi connectivity index (χ0) is 20.8. The zero-order valence-corrected chi connectivity index (χ0v) is 15.7. The average Bonchev–Trinajstić information content (AvgIpc) is 2.81. The number of benzene rings is 2. The Kier molecular flexibility index (Phi) is 4.79. The highest BCUT2D eigenvalue weighted by atomic mass is 35.5. The molecule has 0 aromatic heterocycles. The summed E-state index contributed by atoms with van der Waals surface area (Å²) in [5.74, 6) is -1.12. The van der Waals surface area contributed by atoms with Crippen molar-refractivity contribution in [3.63, 3.8) is 0 Å². The number of ether oxygens (including phenoxy) is 1. The number of nitrogens with one attached hydrogen (secondary N) is 1. The van der Waals surface area contributed by atoms with E-state index in [9.17, 15) is 23.2 Å². The molecule has 0 radical (unpaired) electrons. The molecule has 0 bridgehead atoms. The quantitative estimate of drug-likeness (QED) is 0.724. The van der Waals surface area contributed by atoms with E-state index in [4.69, 9.17) is 16.3 Å². The third-order valence-electron chi connectivity index (χ3n) is 5.12. The molecule has 9 heteroatoms. The van der Waals surface area contributed by atoms with Gasteiger partial charge in [-0.05, 0) is 43.2 Å². The van der Waals surface area contributed by atoms with Crippen LogP contribution in [-0.4, -0.2) is 24.7 Å². The Morgan fingerprint density at radius 1 is 1.24 bits per heavy atom. The number of carbonyl (C=O) groups is 1. The maximum atomic E-state index is 12.9. The van der Waals surface area contributed by atoms with Gasteiger partial charge < -0.3 is 15.0 Å². The number of rotatable bonds is 1. The minimum atomic E-state index is -4.97. The molecule has 2 aliphatic heterocycles. The topological polar surface area (TPSA) is 65.4 Å². The minimum absolute atomic E-state index is 0.361. The van der Waals surface area contributed by atoms with E-state index >= 15 is 0 Å². The van der Waals surface area contributed by atoms with Crippen LogP contribution in [0.5, 0.6) is 11.5 Å². The van der Waals surface area contributed by atoms with Gasteiger partial charge in [-0.15, -0.1) is 0 Å². The molecule has 150 valence electrons. The third kappa shape index (κ3) is 3.58. The van der Waals surface area contributed by atoms with E-state index in [1.54, 1.807) is 36.4 Å². The molecular formula is C20H15ClF3N3O2. The van der Waals surface area contributed by atoms with Crippen molar-refractivity contribution >= 4 is 23.2 Å². The van der Waals surface area contributed by atoms with Gasteiger partial charge in [-0.25, -0.2) is 0 Å². The van der Waals surface area contributed by atoms with Crippen molar-refractivity contribution in [3.05, 3.63) is 52.5 Å². The number of nitrogens with zero attached hydrogens (tertiary/aromatic N) is 2. The van der Waals surface area contributed by atoms with E-state index in [0.717, 1.165) is 0 Å². The van der Waals surface area contributed by atoms with Gasteiger partial charge >= 0.3 is 12.1 Å². The van der Waals surface area contributed by atoms with Crippen molar-refractivity contribution in [1.82, 2.24) is 5.32 Å². The Labute approximate surface area is 169 Å². The molecule has 1 saturated heterocycles. The highest BCUT2D eigenvalue weighted by Gasteiger charge is 2.44. The van der Waals surface area contributed by atoms with Crippen LogP contribution in [0, 0.1) is 11.3 Å². The van der Waals surface area contributed by atoms with Crippen LogP contribution >= 0.6 is 11.6 Å². The van der Waals surface area contributed by atoms with Gasteiger partial charge in [-0.3, -0.25) is 4.79 Å². The molecule has 5 nitrogen and oxygen atoms in total. The fourth-order valence-corrected chi connectivity index (χ4v) is 4.07. The van der Waals surface area contributed by atoms with Crippen LogP contribution in [0.1, 0.15) is 30.0 Å². The van der Waals surface area contributed by atoms with Crippen molar-refractivity contribution in [2.24, 2.45) is 0 Å². The van der Waals surface area contributed by atoms with Crippen LogP contribution in [-0.2, 0) is 4.79 Å². The van der Waals surface area contributed by atoms with Crippen LogP contribution in [0.15, 0.2) is 36.4 Å². The molecule has 2 atom stereocenters. The lowest BCUT2D eigenvalue weighted by atomic mass is 9.89. The van der Waals surface area contributed by atoms with Crippen molar-refractivity contribution in [1.29, 1.82) is 5.26 Å². The molecule has 1 N–H and O–H groups in total. The first-order chi connectivity index (χ1) is 13.8. The number of hydrogen-bond acceptors (Lipinski definition) is 4. The van der Waals surface area contributed by atoms with Gasteiger partial charge in [0.05, 0.1) is 29.4 Å². The Balaban J connectivity index is 1.85. The number of carbonyl (C=O) groups excluding carboxylic acids is 1. The van der Waals surface area contributed by atoms with E-state index in [0.29, 0.717) is 52.7 Å². The monoisotopic (exact) mass is 421 g/mol. The van der Waals surface area contributed by atoms with E-state index in [2.05, 4.69) is 5.32 Å². The molecule has 2 aliphatic rings. The summed E-state index contributed by atoms with van der Waals surface area (Å²) < 4.78 is 44.7. The zero-order valence-electron chi connectivity index (χ0n) is 15.0. The van der Waals surface area contributed by atoms with Crippen molar-refractivity contribution in [2.75, 3.05) is 11.4 Å². The van der Waals surface area contributed by atoms with Crippen LogP contribution < -0.4 is 15.0 Å². The number of amides is 1. The number of piperidine rings is 1. The van der Waals surface area contributed by atoms with Gasteiger partial charge in [0.15, 0.2) is 5.75 Å². The number of anilines is 1. The minimum Gasteiger partial charge on any atom is -0.455 e. The maximum Gasteiger partial charge on any atom is 0.471 e. The average molecular weight is 422 g/mol. The van der Waals surface area contributed by atoms with Crippen molar-refractivity contribution in [2.45, 2.75) is 31.1 Å².